The predicted octanol–water partition coefficient (Wildman–Crippen LogP) is 3.78. The molecule has 0 fully saturated rings. The molecule has 3 nitrogen and oxygen atoms in total. The Kier molecular flexibility index (Phi) is 3.86. The van der Waals surface area contributed by atoms with E-state index in [1.807, 2.05) is 18.2 Å². The van der Waals surface area contributed by atoms with Gasteiger partial charge in [-0.3, -0.25) is 4.72 Å². The molecule has 2 rings (SSSR count). The van der Waals surface area contributed by atoms with Crippen LogP contribution in [0.1, 0.15) is 26.3 Å². The third kappa shape index (κ3) is 3.39. The zero-order valence-electron chi connectivity index (χ0n) is 11.9. The second-order valence-electron chi connectivity index (χ2n) is 5.75. The molecule has 0 aromatic heterocycles. The van der Waals surface area contributed by atoms with Gasteiger partial charge >= 0.3 is 0 Å². The first-order chi connectivity index (χ1) is 9.29. The monoisotopic (exact) mass is 289 g/mol. The quantitative estimate of drug-likeness (QED) is 0.934. The van der Waals surface area contributed by atoms with E-state index in [0.717, 1.165) is 5.56 Å². The molecule has 0 unspecified atom stereocenters. The first kappa shape index (κ1) is 14.6. The second-order valence-corrected chi connectivity index (χ2v) is 7.43. The molecule has 0 spiro atoms. The van der Waals surface area contributed by atoms with Gasteiger partial charge in [0.25, 0.3) is 10.0 Å². The van der Waals surface area contributed by atoms with E-state index < -0.39 is 10.0 Å². The number of hydrogen-bond acceptors (Lipinski definition) is 2. The molecule has 0 heterocycles. The summed E-state index contributed by atoms with van der Waals surface area (Å²) < 4.78 is 27.1. The van der Waals surface area contributed by atoms with Gasteiger partial charge in [-0.05, 0) is 35.2 Å². The first-order valence-corrected chi connectivity index (χ1v) is 7.96. The molecule has 0 aliphatic heterocycles. The molecule has 0 bridgehead atoms. The van der Waals surface area contributed by atoms with Crippen LogP contribution in [0.2, 0.25) is 0 Å². The van der Waals surface area contributed by atoms with Crippen LogP contribution >= 0.6 is 0 Å². The molecule has 0 aliphatic rings. The topological polar surface area (TPSA) is 46.2 Å². The lowest BCUT2D eigenvalue weighted by Crippen LogP contribution is -2.14. The van der Waals surface area contributed by atoms with Crippen molar-refractivity contribution < 1.29 is 8.42 Å². The number of nitrogens with one attached hydrogen (secondary N) is 1. The summed E-state index contributed by atoms with van der Waals surface area (Å²) in [6, 6.07) is 15.9. The van der Waals surface area contributed by atoms with E-state index in [2.05, 4.69) is 25.5 Å². The van der Waals surface area contributed by atoms with E-state index in [1.54, 1.807) is 36.4 Å². The largest absolute Gasteiger partial charge is 0.280 e. The predicted molar refractivity (Wildman–Crippen MR) is 82.4 cm³/mol. The van der Waals surface area contributed by atoms with Crippen molar-refractivity contribution in [3.05, 3.63) is 60.2 Å². The molecular weight excluding hydrogens is 270 g/mol. The van der Waals surface area contributed by atoms with Crippen molar-refractivity contribution in [1.29, 1.82) is 0 Å². The molecule has 0 saturated carbocycles. The van der Waals surface area contributed by atoms with Crippen LogP contribution in [0.5, 0.6) is 0 Å². The molecule has 2 aromatic carbocycles. The van der Waals surface area contributed by atoms with Crippen LogP contribution in [0, 0.1) is 0 Å². The summed E-state index contributed by atoms with van der Waals surface area (Å²) in [5, 5.41) is 0. The van der Waals surface area contributed by atoms with Gasteiger partial charge in [0.15, 0.2) is 0 Å². The van der Waals surface area contributed by atoms with Gasteiger partial charge < -0.3 is 0 Å². The average molecular weight is 289 g/mol. The number of para-hydroxylation sites is 1. The Balaban J connectivity index is 2.27. The summed E-state index contributed by atoms with van der Waals surface area (Å²) in [4.78, 5) is 0.273. The van der Waals surface area contributed by atoms with E-state index in [1.165, 1.54) is 0 Å². The molecule has 0 saturated heterocycles. The van der Waals surface area contributed by atoms with Gasteiger partial charge in [0.1, 0.15) is 0 Å². The number of hydrogen-bond donors (Lipinski definition) is 1. The van der Waals surface area contributed by atoms with Crippen molar-refractivity contribution in [2.45, 2.75) is 31.1 Å². The molecule has 106 valence electrons. The van der Waals surface area contributed by atoms with Crippen molar-refractivity contribution in [2.75, 3.05) is 4.72 Å². The molecule has 0 aliphatic carbocycles. The van der Waals surface area contributed by atoms with Crippen molar-refractivity contribution in [2.24, 2.45) is 0 Å². The maximum absolute atomic E-state index is 12.3. The maximum Gasteiger partial charge on any atom is 0.261 e. The van der Waals surface area contributed by atoms with Gasteiger partial charge in [-0.15, -0.1) is 0 Å². The van der Waals surface area contributed by atoms with E-state index in [4.69, 9.17) is 0 Å². The highest BCUT2D eigenvalue weighted by atomic mass is 32.2. The zero-order chi connectivity index (χ0) is 14.8. The minimum Gasteiger partial charge on any atom is -0.280 e. The minimum absolute atomic E-state index is 0.00908. The standard InChI is InChI=1S/C16H19NO2S/c1-16(2,3)13-9-11-15(12-10-13)20(18,19)17-14-7-5-4-6-8-14/h4-12,17H,1-3H3. The number of anilines is 1. The van der Waals surface area contributed by atoms with Crippen LogP contribution in [0.15, 0.2) is 59.5 Å². The van der Waals surface area contributed by atoms with Gasteiger partial charge in [0, 0.05) is 5.69 Å². The van der Waals surface area contributed by atoms with E-state index >= 15 is 0 Å². The SMILES string of the molecule is CC(C)(C)c1ccc(S(=O)(=O)Nc2ccccc2)cc1. The maximum atomic E-state index is 12.3. The highest BCUT2D eigenvalue weighted by molar-refractivity contribution is 7.92. The Morgan fingerprint density at radius 2 is 1.40 bits per heavy atom. The fourth-order valence-electron chi connectivity index (χ4n) is 1.85. The number of benzene rings is 2. The zero-order valence-corrected chi connectivity index (χ0v) is 12.7. The Morgan fingerprint density at radius 3 is 1.90 bits per heavy atom. The molecule has 4 heteroatoms. The summed E-state index contributed by atoms with van der Waals surface area (Å²) in [5.41, 5.74) is 1.68. The summed E-state index contributed by atoms with van der Waals surface area (Å²) >= 11 is 0. The molecule has 1 N–H and O–H groups in total. The van der Waals surface area contributed by atoms with Crippen LogP contribution < -0.4 is 4.72 Å². The van der Waals surface area contributed by atoms with Gasteiger partial charge in [-0.1, -0.05) is 51.1 Å². The van der Waals surface area contributed by atoms with Crippen molar-refractivity contribution in [3.8, 4) is 0 Å². The van der Waals surface area contributed by atoms with Crippen LogP contribution in [-0.2, 0) is 15.4 Å². The molecule has 0 atom stereocenters. The fraction of sp³-hybridized carbons (Fsp3) is 0.250. The number of sulfonamides is 1. The molecule has 2 aromatic rings. The summed E-state index contributed by atoms with van der Waals surface area (Å²) in [6.07, 6.45) is 0. The lowest BCUT2D eigenvalue weighted by molar-refractivity contribution is 0.587. The lowest BCUT2D eigenvalue weighted by Gasteiger charge is -2.19. The van der Waals surface area contributed by atoms with Gasteiger partial charge in [0.2, 0.25) is 0 Å². The fourth-order valence-corrected chi connectivity index (χ4v) is 2.91. The van der Waals surface area contributed by atoms with Gasteiger partial charge in [-0.2, -0.15) is 0 Å². The van der Waals surface area contributed by atoms with Crippen molar-refractivity contribution in [1.82, 2.24) is 0 Å². The van der Waals surface area contributed by atoms with Crippen molar-refractivity contribution >= 4 is 15.7 Å². The van der Waals surface area contributed by atoms with Gasteiger partial charge in [-0.25, -0.2) is 8.42 Å². The Bertz CT molecular complexity index is 669. The Labute approximate surface area is 120 Å². The van der Waals surface area contributed by atoms with E-state index in [-0.39, 0.29) is 10.3 Å². The first-order valence-electron chi connectivity index (χ1n) is 6.47. The Hall–Kier alpha value is -1.81. The number of rotatable bonds is 3. The van der Waals surface area contributed by atoms with Crippen LogP contribution in [0.4, 0.5) is 5.69 Å². The normalized spacial score (nSPS) is 12.2. The van der Waals surface area contributed by atoms with Crippen LogP contribution in [-0.4, -0.2) is 8.42 Å². The minimum atomic E-state index is -3.53. The summed E-state index contributed by atoms with van der Waals surface area (Å²) in [6.45, 7) is 6.29. The highest BCUT2D eigenvalue weighted by Crippen LogP contribution is 2.24. The van der Waals surface area contributed by atoms with Crippen LogP contribution in [0.3, 0.4) is 0 Å². The molecule has 20 heavy (non-hydrogen) atoms. The van der Waals surface area contributed by atoms with E-state index in [0.29, 0.717) is 5.69 Å². The second kappa shape index (κ2) is 5.29. The van der Waals surface area contributed by atoms with Gasteiger partial charge in [0.05, 0.1) is 4.90 Å². The van der Waals surface area contributed by atoms with Crippen LogP contribution in [0.25, 0.3) is 0 Å². The summed E-state index contributed by atoms with van der Waals surface area (Å²) in [5.74, 6) is 0. The average Bonchev–Trinajstić information content (AvgIpc) is 2.38. The third-order valence-electron chi connectivity index (χ3n) is 3.06. The lowest BCUT2D eigenvalue weighted by atomic mass is 9.87. The smallest absolute Gasteiger partial charge is 0.261 e. The Morgan fingerprint density at radius 1 is 0.850 bits per heavy atom. The van der Waals surface area contributed by atoms with Crippen molar-refractivity contribution in [3.63, 3.8) is 0 Å². The highest BCUT2D eigenvalue weighted by Gasteiger charge is 2.17. The summed E-state index contributed by atoms with van der Waals surface area (Å²) in [7, 11) is -3.53. The third-order valence-corrected chi connectivity index (χ3v) is 4.45. The molecule has 0 radical (unpaired) electrons. The molecular formula is C16H19NO2S. The van der Waals surface area contributed by atoms with E-state index in [9.17, 15) is 8.42 Å². The molecule has 0 amide bonds.